The molecule has 1 aromatic heterocycles. The number of hydrogen-bond donors (Lipinski definition) is 2. The zero-order valence-corrected chi connectivity index (χ0v) is 12.9. The summed E-state index contributed by atoms with van der Waals surface area (Å²) in [6.45, 7) is 4.58. The summed E-state index contributed by atoms with van der Waals surface area (Å²) < 4.78 is 1.84. The van der Waals surface area contributed by atoms with E-state index in [1.807, 2.05) is 23.0 Å². The number of benzene rings is 1. The largest absolute Gasteiger partial charge is 0.352 e. The molecule has 3 rings (SSSR count). The average Bonchev–Trinajstić information content (AvgIpc) is 3.16. The lowest BCUT2D eigenvalue weighted by atomic mass is 10.0. The maximum absolute atomic E-state index is 11.9. The SMILES string of the molecule is Cc1cccc(-n2cc(CNC(=O)CC3CCNC3)cn2)c1. The number of amides is 1. The maximum atomic E-state index is 11.9. The Kier molecular flexibility index (Phi) is 4.53. The van der Waals surface area contributed by atoms with Crippen molar-refractivity contribution in [3.8, 4) is 5.69 Å². The highest BCUT2D eigenvalue weighted by Crippen LogP contribution is 2.12. The van der Waals surface area contributed by atoms with Gasteiger partial charge in [-0.05, 0) is 50.0 Å². The van der Waals surface area contributed by atoms with Gasteiger partial charge in [0.05, 0.1) is 11.9 Å². The molecule has 1 aliphatic rings. The van der Waals surface area contributed by atoms with Crippen molar-refractivity contribution in [2.45, 2.75) is 26.3 Å². The molecule has 0 saturated carbocycles. The predicted molar refractivity (Wildman–Crippen MR) is 85.7 cm³/mol. The lowest BCUT2D eigenvalue weighted by Crippen LogP contribution is -2.25. The van der Waals surface area contributed by atoms with E-state index in [0.717, 1.165) is 30.8 Å². The van der Waals surface area contributed by atoms with Crippen molar-refractivity contribution in [3.63, 3.8) is 0 Å². The first-order valence-electron chi connectivity index (χ1n) is 7.79. The molecule has 22 heavy (non-hydrogen) atoms. The Hall–Kier alpha value is -2.14. The average molecular weight is 298 g/mol. The molecule has 2 heterocycles. The summed E-state index contributed by atoms with van der Waals surface area (Å²) in [6, 6.07) is 8.19. The molecular formula is C17H22N4O. The molecule has 0 spiro atoms. The van der Waals surface area contributed by atoms with Crippen molar-refractivity contribution < 1.29 is 4.79 Å². The van der Waals surface area contributed by atoms with Crippen LogP contribution >= 0.6 is 0 Å². The van der Waals surface area contributed by atoms with Gasteiger partial charge in [0.15, 0.2) is 0 Å². The summed E-state index contributed by atoms with van der Waals surface area (Å²) in [5, 5.41) is 10.6. The number of aromatic nitrogens is 2. The minimum Gasteiger partial charge on any atom is -0.352 e. The van der Waals surface area contributed by atoms with Crippen molar-refractivity contribution in [2.24, 2.45) is 5.92 Å². The number of aryl methyl sites for hydroxylation is 1. The van der Waals surface area contributed by atoms with E-state index in [2.05, 4.69) is 34.8 Å². The zero-order valence-electron chi connectivity index (χ0n) is 12.9. The van der Waals surface area contributed by atoms with Crippen LogP contribution in [0.3, 0.4) is 0 Å². The van der Waals surface area contributed by atoms with Crippen LogP contribution in [0.15, 0.2) is 36.7 Å². The molecule has 5 nitrogen and oxygen atoms in total. The fourth-order valence-electron chi connectivity index (χ4n) is 2.79. The Morgan fingerprint density at radius 1 is 1.50 bits per heavy atom. The van der Waals surface area contributed by atoms with Crippen LogP contribution in [-0.4, -0.2) is 28.8 Å². The van der Waals surface area contributed by atoms with Gasteiger partial charge in [-0.15, -0.1) is 0 Å². The van der Waals surface area contributed by atoms with Crippen LogP contribution in [0, 0.1) is 12.8 Å². The Morgan fingerprint density at radius 2 is 2.41 bits per heavy atom. The Balaban J connectivity index is 1.54. The molecule has 1 unspecified atom stereocenters. The monoisotopic (exact) mass is 298 g/mol. The fraction of sp³-hybridized carbons (Fsp3) is 0.412. The highest BCUT2D eigenvalue weighted by atomic mass is 16.1. The van der Waals surface area contributed by atoms with Gasteiger partial charge in [0.1, 0.15) is 0 Å². The molecule has 1 aromatic carbocycles. The minimum absolute atomic E-state index is 0.122. The standard InChI is InChI=1S/C17H22N4O/c1-13-3-2-4-16(7-13)21-12-15(11-20-21)10-19-17(22)8-14-5-6-18-9-14/h2-4,7,11-12,14,18H,5-6,8-10H2,1H3,(H,19,22). The molecule has 116 valence electrons. The normalized spacial score (nSPS) is 17.6. The van der Waals surface area contributed by atoms with Gasteiger partial charge in [-0.3, -0.25) is 4.79 Å². The molecule has 1 amide bonds. The van der Waals surface area contributed by atoms with Gasteiger partial charge in [0, 0.05) is 24.7 Å². The summed E-state index contributed by atoms with van der Waals surface area (Å²) in [4.78, 5) is 11.9. The lowest BCUT2D eigenvalue weighted by Gasteiger charge is -2.08. The highest BCUT2D eigenvalue weighted by Gasteiger charge is 2.17. The number of rotatable bonds is 5. The fourth-order valence-corrected chi connectivity index (χ4v) is 2.79. The van der Waals surface area contributed by atoms with Crippen LogP contribution < -0.4 is 10.6 Å². The molecule has 0 aliphatic carbocycles. The van der Waals surface area contributed by atoms with Gasteiger partial charge in [0.2, 0.25) is 5.91 Å². The quantitative estimate of drug-likeness (QED) is 0.885. The van der Waals surface area contributed by atoms with Crippen molar-refractivity contribution in [3.05, 3.63) is 47.8 Å². The smallest absolute Gasteiger partial charge is 0.220 e. The first kappa shape index (κ1) is 14.8. The van der Waals surface area contributed by atoms with Crippen molar-refractivity contribution >= 4 is 5.91 Å². The number of carbonyl (C=O) groups excluding carboxylic acids is 1. The van der Waals surface area contributed by atoms with E-state index >= 15 is 0 Å². The Labute approximate surface area is 130 Å². The predicted octanol–water partition coefficient (Wildman–Crippen LogP) is 1.80. The topological polar surface area (TPSA) is 59.0 Å². The third-order valence-corrected chi connectivity index (χ3v) is 4.03. The second kappa shape index (κ2) is 6.75. The molecule has 5 heteroatoms. The van der Waals surface area contributed by atoms with Crippen LogP contribution in [0.5, 0.6) is 0 Å². The number of carbonyl (C=O) groups is 1. The molecule has 1 aliphatic heterocycles. The number of nitrogens with zero attached hydrogens (tertiary/aromatic N) is 2. The van der Waals surface area contributed by atoms with E-state index in [-0.39, 0.29) is 5.91 Å². The summed E-state index contributed by atoms with van der Waals surface area (Å²) in [7, 11) is 0. The first-order valence-corrected chi connectivity index (χ1v) is 7.79. The number of hydrogen-bond acceptors (Lipinski definition) is 3. The molecular weight excluding hydrogens is 276 g/mol. The first-order chi connectivity index (χ1) is 10.7. The van der Waals surface area contributed by atoms with Gasteiger partial charge >= 0.3 is 0 Å². The summed E-state index contributed by atoms with van der Waals surface area (Å²) in [5.74, 6) is 0.604. The Bertz CT molecular complexity index is 644. The van der Waals surface area contributed by atoms with Crippen molar-refractivity contribution in [1.82, 2.24) is 20.4 Å². The minimum atomic E-state index is 0.122. The maximum Gasteiger partial charge on any atom is 0.220 e. The molecule has 1 fully saturated rings. The molecule has 2 N–H and O–H groups in total. The highest BCUT2D eigenvalue weighted by molar-refractivity contribution is 5.76. The van der Waals surface area contributed by atoms with Gasteiger partial charge in [-0.25, -0.2) is 4.68 Å². The van der Waals surface area contributed by atoms with Crippen LogP contribution in [0.4, 0.5) is 0 Å². The summed E-state index contributed by atoms with van der Waals surface area (Å²) >= 11 is 0. The lowest BCUT2D eigenvalue weighted by molar-refractivity contribution is -0.122. The van der Waals surface area contributed by atoms with E-state index < -0.39 is 0 Å². The van der Waals surface area contributed by atoms with Crippen LogP contribution in [0.25, 0.3) is 5.69 Å². The van der Waals surface area contributed by atoms with E-state index in [0.29, 0.717) is 18.9 Å². The van der Waals surface area contributed by atoms with Crippen molar-refractivity contribution in [2.75, 3.05) is 13.1 Å². The van der Waals surface area contributed by atoms with Gasteiger partial charge in [-0.2, -0.15) is 5.10 Å². The molecule has 1 saturated heterocycles. The molecule has 2 aromatic rings. The second-order valence-corrected chi connectivity index (χ2v) is 5.97. The summed E-state index contributed by atoms with van der Waals surface area (Å²) in [6.07, 6.45) is 5.48. The van der Waals surface area contributed by atoms with E-state index in [1.54, 1.807) is 6.20 Å². The van der Waals surface area contributed by atoms with Crippen LogP contribution in [0.1, 0.15) is 24.0 Å². The van der Waals surface area contributed by atoms with E-state index in [9.17, 15) is 4.79 Å². The van der Waals surface area contributed by atoms with E-state index in [1.165, 1.54) is 5.56 Å². The van der Waals surface area contributed by atoms with Gasteiger partial charge in [0.25, 0.3) is 0 Å². The van der Waals surface area contributed by atoms with Gasteiger partial charge < -0.3 is 10.6 Å². The second-order valence-electron chi connectivity index (χ2n) is 5.97. The summed E-state index contributed by atoms with van der Waals surface area (Å²) in [5.41, 5.74) is 3.25. The van der Waals surface area contributed by atoms with Crippen LogP contribution in [-0.2, 0) is 11.3 Å². The van der Waals surface area contributed by atoms with E-state index in [4.69, 9.17) is 0 Å². The third kappa shape index (κ3) is 3.74. The zero-order chi connectivity index (χ0) is 15.4. The third-order valence-electron chi connectivity index (χ3n) is 4.03. The molecule has 1 atom stereocenters. The van der Waals surface area contributed by atoms with Crippen molar-refractivity contribution in [1.29, 1.82) is 0 Å². The molecule has 0 bridgehead atoms. The van der Waals surface area contributed by atoms with Crippen LogP contribution in [0.2, 0.25) is 0 Å². The molecule has 0 radical (unpaired) electrons. The number of nitrogens with one attached hydrogen (secondary N) is 2. The Morgan fingerprint density at radius 3 is 3.18 bits per heavy atom. The van der Waals surface area contributed by atoms with Gasteiger partial charge in [-0.1, -0.05) is 12.1 Å².